The van der Waals surface area contributed by atoms with Gasteiger partial charge in [-0.25, -0.2) is 8.42 Å². The number of sulfonamides is 1. The number of anilines is 1. The minimum absolute atomic E-state index is 0.00486. The zero-order valence-electron chi connectivity index (χ0n) is 14.7. The lowest BCUT2D eigenvalue weighted by molar-refractivity contribution is -0.187. The van der Waals surface area contributed by atoms with Crippen molar-refractivity contribution in [3.8, 4) is 0 Å². The van der Waals surface area contributed by atoms with Crippen molar-refractivity contribution in [2.45, 2.75) is 42.1 Å². The first-order valence-corrected chi connectivity index (χ1v) is 11.1. The fourth-order valence-corrected chi connectivity index (χ4v) is 5.34. The molecule has 10 heteroatoms. The van der Waals surface area contributed by atoms with Gasteiger partial charge in [0.2, 0.25) is 0 Å². The van der Waals surface area contributed by atoms with Crippen LogP contribution in [0.15, 0.2) is 46.0 Å². The molecule has 0 saturated heterocycles. The fraction of sp³-hybridized carbons (Fsp3) is 0.389. The molecule has 1 amide bonds. The van der Waals surface area contributed by atoms with Crippen molar-refractivity contribution < 1.29 is 26.4 Å². The molecule has 3 rings (SSSR count). The molecule has 5 nitrogen and oxygen atoms in total. The van der Waals surface area contributed by atoms with E-state index in [1.807, 2.05) is 0 Å². The highest BCUT2D eigenvalue weighted by Gasteiger charge is 2.46. The van der Waals surface area contributed by atoms with Crippen LogP contribution in [0.5, 0.6) is 0 Å². The van der Waals surface area contributed by atoms with Crippen molar-refractivity contribution in [3.63, 3.8) is 0 Å². The Morgan fingerprint density at radius 3 is 2.54 bits per heavy atom. The first-order valence-electron chi connectivity index (χ1n) is 8.71. The van der Waals surface area contributed by atoms with E-state index < -0.39 is 34.1 Å². The van der Waals surface area contributed by atoms with Gasteiger partial charge in [-0.1, -0.05) is 25.0 Å². The fourth-order valence-electron chi connectivity index (χ4n) is 3.29. The zero-order valence-corrected chi connectivity index (χ0v) is 16.3. The van der Waals surface area contributed by atoms with Gasteiger partial charge in [0.05, 0.1) is 5.92 Å². The molecule has 1 saturated carbocycles. The van der Waals surface area contributed by atoms with Crippen LogP contribution in [-0.2, 0) is 10.0 Å². The van der Waals surface area contributed by atoms with Gasteiger partial charge >= 0.3 is 6.18 Å². The van der Waals surface area contributed by atoms with Crippen molar-refractivity contribution in [2.24, 2.45) is 5.92 Å². The molecule has 1 aromatic carbocycles. The lowest BCUT2D eigenvalue weighted by Gasteiger charge is -2.33. The minimum atomic E-state index is -4.36. The summed E-state index contributed by atoms with van der Waals surface area (Å²) in [6.45, 7) is 0. The third kappa shape index (κ3) is 4.85. The van der Waals surface area contributed by atoms with Crippen LogP contribution in [0.3, 0.4) is 0 Å². The Bertz CT molecular complexity index is 928. The SMILES string of the molecule is O=C(NC1CCCCC1C(F)(F)F)c1cccc(NS(=O)(=O)c2cccs2)c1. The number of carbonyl (C=O) groups excluding carboxylic acids is 1. The van der Waals surface area contributed by atoms with Gasteiger partial charge in [-0.2, -0.15) is 13.2 Å². The molecule has 1 aromatic heterocycles. The number of hydrogen-bond acceptors (Lipinski definition) is 4. The molecule has 1 fully saturated rings. The van der Waals surface area contributed by atoms with Gasteiger partial charge in [0.25, 0.3) is 15.9 Å². The normalized spacial score (nSPS) is 20.5. The predicted octanol–water partition coefficient (Wildman–Crippen LogP) is 4.40. The molecule has 2 N–H and O–H groups in total. The third-order valence-electron chi connectivity index (χ3n) is 4.64. The van der Waals surface area contributed by atoms with Gasteiger partial charge in [0.15, 0.2) is 0 Å². The van der Waals surface area contributed by atoms with E-state index in [0.29, 0.717) is 12.8 Å². The molecule has 0 bridgehead atoms. The summed E-state index contributed by atoms with van der Waals surface area (Å²) in [6, 6.07) is 7.77. The molecule has 1 aliphatic rings. The van der Waals surface area contributed by atoms with E-state index >= 15 is 0 Å². The van der Waals surface area contributed by atoms with Crippen molar-refractivity contribution in [2.75, 3.05) is 4.72 Å². The molecule has 0 radical (unpaired) electrons. The number of thiophene rings is 1. The minimum Gasteiger partial charge on any atom is -0.349 e. The average Bonchev–Trinajstić information content (AvgIpc) is 3.17. The Hall–Kier alpha value is -2.07. The highest BCUT2D eigenvalue weighted by atomic mass is 32.2. The molecule has 2 unspecified atom stereocenters. The second-order valence-corrected chi connectivity index (χ2v) is 9.49. The molecule has 0 aliphatic heterocycles. The maximum Gasteiger partial charge on any atom is 0.393 e. The van der Waals surface area contributed by atoms with Gasteiger partial charge in [-0.3, -0.25) is 9.52 Å². The third-order valence-corrected chi connectivity index (χ3v) is 7.42. The maximum atomic E-state index is 13.2. The Kier molecular flexibility index (Phi) is 5.99. The van der Waals surface area contributed by atoms with Crippen molar-refractivity contribution in [3.05, 3.63) is 47.3 Å². The van der Waals surface area contributed by atoms with Crippen LogP contribution in [0.2, 0.25) is 0 Å². The van der Waals surface area contributed by atoms with Crippen LogP contribution < -0.4 is 10.0 Å². The predicted molar refractivity (Wildman–Crippen MR) is 101 cm³/mol. The lowest BCUT2D eigenvalue weighted by Crippen LogP contribution is -2.47. The van der Waals surface area contributed by atoms with Crippen LogP contribution in [0.25, 0.3) is 0 Å². The number of rotatable bonds is 5. The summed E-state index contributed by atoms with van der Waals surface area (Å²) in [5, 5.41) is 4.10. The number of benzene rings is 1. The molecule has 2 aromatic rings. The Balaban J connectivity index is 1.73. The summed E-state index contributed by atoms with van der Waals surface area (Å²) in [5.74, 6) is -2.22. The van der Waals surface area contributed by atoms with E-state index in [1.54, 1.807) is 11.4 Å². The van der Waals surface area contributed by atoms with E-state index in [0.717, 1.165) is 11.3 Å². The van der Waals surface area contributed by atoms with Gasteiger partial charge in [0.1, 0.15) is 4.21 Å². The molecular weight excluding hydrogens is 413 g/mol. The lowest BCUT2D eigenvalue weighted by atomic mass is 9.84. The smallest absolute Gasteiger partial charge is 0.349 e. The van der Waals surface area contributed by atoms with Gasteiger partial charge in [-0.15, -0.1) is 11.3 Å². The second-order valence-electron chi connectivity index (χ2n) is 6.63. The highest BCUT2D eigenvalue weighted by molar-refractivity contribution is 7.94. The Labute approximate surface area is 165 Å². The summed E-state index contributed by atoms with van der Waals surface area (Å²) in [7, 11) is -3.78. The summed E-state index contributed by atoms with van der Waals surface area (Å²) < 4.78 is 66.7. The molecule has 0 spiro atoms. The number of nitrogens with one attached hydrogen (secondary N) is 2. The summed E-state index contributed by atoms with van der Waals surface area (Å²) in [5.41, 5.74) is 0.259. The summed E-state index contributed by atoms with van der Waals surface area (Å²) in [6.07, 6.45) is -3.00. The van der Waals surface area contributed by atoms with E-state index in [-0.39, 0.29) is 28.3 Å². The highest BCUT2D eigenvalue weighted by Crippen LogP contribution is 2.37. The van der Waals surface area contributed by atoms with Gasteiger partial charge in [-0.05, 0) is 42.5 Å². The summed E-state index contributed by atoms with van der Waals surface area (Å²) in [4.78, 5) is 12.5. The van der Waals surface area contributed by atoms with Crippen molar-refractivity contribution in [1.29, 1.82) is 0 Å². The zero-order chi connectivity index (χ0) is 20.4. The van der Waals surface area contributed by atoms with E-state index in [9.17, 15) is 26.4 Å². The van der Waals surface area contributed by atoms with Gasteiger partial charge < -0.3 is 5.32 Å². The standard InChI is InChI=1S/C18H19F3N2O3S2/c19-18(20,21)14-7-1-2-8-15(14)22-17(24)12-5-3-6-13(11-12)23-28(25,26)16-9-4-10-27-16/h3-6,9-11,14-15,23H,1-2,7-8H2,(H,22,24). The molecule has 1 heterocycles. The Morgan fingerprint density at radius 2 is 1.86 bits per heavy atom. The molecule has 28 heavy (non-hydrogen) atoms. The first-order chi connectivity index (χ1) is 13.2. The number of carbonyl (C=O) groups is 1. The molecular formula is C18H19F3N2O3S2. The topological polar surface area (TPSA) is 75.3 Å². The Morgan fingerprint density at radius 1 is 1.11 bits per heavy atom. The van der Waals surface area contributed by atoms with Crippen LogP contribution >= 0.6 is 11.3 Å². The largest absolute Gasteiger partial charge is 0.393 e. The molecule has 152 valence electrons. The first kappa shape index (κ1) is 20.7. The number of hydrogen-bond donors (Lipinski definition) is 2. The number of alkyl halides is 3. The average molecular weight is 432 g/mol. The van der Waals surface area contributed by atoms with Crippen molar-refractivity contribution in [1.82, 2.24) is 5.32 Å². The second kappa shape index (κ2) is 8.12. The van der Waals surface area contributed by atoms with Crippen LogP contribution in [0.1, 0.15) is 36.0 Å². The number of amides is 1. The van der Waals surface area contributed by atoms with E-state index in [2.05, 4.69) is 10.0 Å². The van der Waals surface area contributed by atoms with Crippen LogP contribution in [-0.4, -0.2) is 26.5 Å². The van der Waals surface area contributed by atoms with E-state index in [4.69, 9.17) is 0 Å². The molecule has 2 atom stereocenters. The summed E-state index contributed by atoms with van der Waals surface area (Å²) >= 11 is 1.05. The monoisotopic (exact) mass is 432 g/mol. The van der Waals surface area contributed by atoms with Crippen LogP contribution in [0.4, 0.5) is 18.9 Å². The van der Waals surface area contributed by atoms with Crippen molar-refractivity contribution >= 4 is 33.0 Å². The maximum absolute atomic E-state index is 13.2. The number of halogens is 3. The molecule has 1 aliphatic carbocycles. The van der Waals surface area contributed by atoms with Crippen LogP contribution in [0, 0.1) is 5.92 Å². The van der Waals surface area contributed by atoms with E-state index in [1.165, 1.54) is 30.3 Å². The van der Waals surface area contributed by atoms with Gasteiger partial charge in [0, 0.05) is 17.3 Å². The quantitative estimate of drug-likeness (QED) is 0.735.